The van der Waals surface area contributed by atoms with Crippen LogP contribution in [0.15, 0.2) is 82.6 Å². The molecule has 1 aliphatic carbocycles. The number of halogens is 1. The number of hydrogen-bond acceptors (Lipinski definition) is 6. The molecule has 0 unspecified atom stereocenters. The van der Waals surface area contributed by atoms with Gasteiger partial charge in [0.2, 0.25) is 11.8 Å². The van der Waals surface area contributed by atoms with Crippen LogP contribution in [0.25, 0.3) is 0 Å². The van der Waals surface area contributed by atoms with Crippen molar-refractivity contribution in [1.82, 2.24) is 10.2 Å². The lowest BCUT2D eigenvalue weighted by atomic mass is 10.1. The van der Waals surface area contributed by atoms with Crippen molar-refractivity contribution in [1.29, 1.82) is 0 Å². The van der Waals surface area contributed by atoms with E-state index in [1.54, 1.807) is 48.5 Å². The van der Waals surface area contributed by atoms with Gasteiger partial charge in [0.25, 0.3) is 10.0 Å². The molecule has 3 aromatic carbocycles. The molecule has 3 aromatic rings. The number of carbonyl (C=O) groups excluding carboxylic acids is 2. The number of nitrogens with one attached hydrogen (secondary N) is 1. The van der Waals surface area contributed by atoms with Crippen molar-refractivity contribution in [3.8, 4) is 5.75 Å². The Morgan fingerprint density at radius 1 is 0.977 bits per heavy atom. The van der Waals surface area contributed by atoms with E-state index in [1.165, 1.54) is 40.9 Å². The van der Waals surface area contributed by atoms with Gasteiger partial charge in [0, 0.05) is 17.5 Å². The van der Waals surface area contributed by atoms with Crippen LogP contribution in [-0.4, -0.2) is 56.6 Å². The highest BCUT2D eigenvalue weighted by Crippen LogP contribution is 2.28. The molecule has 44 heavy (non-hydrogen) atoms. The Kier molecular flexibility index (Phi) is 11.7. The first-order chi connectivity index (χ1) is 21.2. The van der Waals surface area contributed by atoms with E-state index < -0.39 is 34.3 Å². The fraction of sp³-hybridized carbons (Fsp3) is 0.394. The summed E-state index contributed by atoms with van der Waals surface area (Å²) >= 11 is 1.49. The molecule has 8 nitrogen and oxygen atoms in total. The Hall–Kier alpha value is -3.57. The van der Waals surface area contributed by atoms with E-state index in [1.807, 2.05) is 20.1 Å². The number of carbonyl (C=O) groups is 2. The van der Waals surface area contributed by atoms with Crippen molar-refractivity contribution in [2.75, 3.05) is 23.7 Å². The van der Waals surface area contributed by atoms with E-state index in [-0.39, 0.29) is 29.1 Å². The summed E-state index contributed by atoms with van der Waals surface area (Å²) in [7, 11) is -4.20. The fourth-order valence-corrected chi connectivity index (χ4v) is 7.17. The van der Waals surface area contributed by atoms with Crippen LogP contribution in [0.3, 0.4) is 0 Å². The van der Waals surface area contributed by atoms with Crippen LogP contribution < -0.4 is 14.4 Å². The molecule has 0 bridgehead atoms. The van der Waals surface area contributed by atoms with Gasteiger partial charge in [0.15, 0.2) is 0 Å². The number of anilines is 1. The summed E-state index contributed by atoms with van der Waals surface area (Å²) in [6.45, 7) is 3.58. The molecule has 11 heteroatoms. The van der Waals surface area contributed by atoms with Crippen molar-refractivity contribution in [2.24, 2.45) is 0 Å². The minimum Gasteiger partial charge on any atom is -0.494 e. The lowest BCUT2D eigenvalue weighted by Gasteiger charge is -2.33. The van der Waals surface area contributed by atoms with Gasteiger partial charge in [0.05, 0.1) is 17.2 Å². The van der Waals surface area contributed by atoms with Gasteiger partial charge in [-0.05, 0) is 98.7 Å². The number of rotatable bonds is 14. The summed E-state index contributed by atoms with van der Waals surface area (Å²) in [5, 5.41) is 3.09. The second-order valence-electron chi connectivity index (χ2n) is 10.7. The zero-order chi connectivity index (χ0) is 31.7. The summed E-state index contributed by atoms with van der Waals surface area (Å²) < 4.78 is 48.5. The number of sulfonamides is 1. The average Bonchev–Trinajstić information content (AvgIpc) is 3.54. The second kappa shape index (κ2) is 15.4. The molecule has 0 radical (unpaired) electrons. The first kappa shape index (κ1) is 33.3. The van der Waals surface area contributed by atoms with E-state index in [9.17, 15) is 22.4 Å². The zero-order valence-electron chi connectivity index (χ0n) is 25.4. The second-order valence-corrected chi connectivity index (χ2v) is 13.4. The van der Waals surface area contributed by atoms with Gasteiger partial charge >= 0.3 is 0 Å². The van der Waals surface area contributed by atoms with Gasteiger partial charge in [-0.2, -0.15) is 0 Å². The lowest BCUT2D eigenvalue weighted by Crippen LogP contribution is -2.53. The lowest BCUT2D eigenvalue weighted by molar-refractivity contribution is -0.140. The maximum atomic E-state index is 14.2. The van der Waals surface area contributed by atoms with Crippen molar-refractivity contribution in [3.05, 3.63) is 84.2 Å². The molecule has 0 saturated heterocycles. The maximum absolute atomic E-state index is 14.2. The molecule has 1 aliphatic rings. The Labute approximate surface area is 264 Å². The maximum Gasteiger partial charge on any atom is 0.264 e. The van der Waals surface area contributed by atoms with E-state index >= 15 is 0 Å². The van der Waals surface area contributed by atoms with Gasteiger partial charge in [-0.1, -0.05) is 31.9 Å². The standard InChI is InChI=1S/C33H40FN3O5S2/c1-4-31(33(39)35-26-8-6-7-9-26)36(22-24-10-12-25(34)13-11-24)32(38)23-37(27-14-16-28(17-15-27)42-5-2)44(40,41)30-20-18-29(43-3)19-21-30/h10-21,26,31H,4-9,22-23H2,1-3H3,(H,35,39)/t31-/m1/s1. The van der Waals surface area contributed by atoms with Gasteiger partial charge < -0.3 is 15.0 Å². The Balaban J connectivity index is 1.71. The largest absolute Gasteiger partial charge is 0.494 e. The van der Waals surface area contributed by atoms with Gasteiger partial charge in [-0.25, -0.2) is 12.8 Å². The van der Waals surface area contributed by atoms with Crippen LogP contribution in [0.5, 0.6) is 5.75 Å². The van der Waals surface area contributed by atoms with Gasteiger partial charge in [-0.15, -0.1) is 11.8 Å². The molecular formula is C33H40FN3O5S2. The molecule has 236 valence electrons. The van der Waals surface area contributed by atoms with Crippen molar-refractivity contribution in [2.45, 2.75) is 74.4 Å². The number of hydrogen-bond donors (Lipinski definition) is 1. The summed E-state index contributed by atoms with van der Waals surface area (Å²) in [6, 6.07) is 17.9. The number of nitrogens with zero attached hydrogens (tertiary/aromatic N) is 2. The summed E-state index contributed by atoms with van der Waals surface area (Å²) in [4.78, 5) is 30.1. The number of amides is 2. The smallest absolute Gasteiger partial charge is 0.264 e. The van der Waals surface area contributed by atoms with Crippen LogP contribution in [-0.2, 0) is 26.2 Å². The Morgan fingerprint density at radius 2 is 1.61 bits per heavy atom. The molecule has 1 saturated carbocycles. The van der Waals surface area contributed by atoms with E-state index in [4.69, 9.17) is 4.74 Å². The SMILES string of the molecule is CCOc1ccc(N(CC(=O)N(Cc2ccc(F)cc2)[C@H](CC)C(=O)NC2CCCC2)S(=O)(=O)c2ccc(SC)cc2)cc1. The van der Waals surface area contributed by atoms with Crippen LogP contribution in [0.2, 0.25) is 0 Å². The Bertz CT molecular complexity index is 1490. The van der Waals surface area contributed by atoms with Gasteiger partial charge in [0.1, 0.15) is 24.2 Å². The quantitative estimate of drug-likeness (QED) is 0.217. The molecular weight excluding hydrogens is 602 g/mol. The third-order valence-corrected chi connectivity index (χ3v) is 10.2. The summed E-state index contributed by atoms with van der Waals surface area (Å²) in [6.07, 6.45) is 6.05. The molecule has 1 N–H and O–H groups in total. The van der Waals surface area contributed by atoms with Crippen molar-refractivity contribution < 1.29 is 27.1 Å². The molecule has 4 rings (SSSR count). The fourth-order valence-electron chi connectivity index (χ4n) is 5.35. The van der Waals surface area contributed by atoms with E-state index in [2.05, 4.69) is 5.32 Å². The summed E-state index contributed by atoms with van der Waals surface area (Å²) in [5.74, 6) is -0.686. The van der Waals surface area contributed by atoms with Crippen molar-refractivity contribution in [3.63, 3.8) is 0 Å². The molecule has 0 heterocycles. The van der Waals surface area contributed by atoms with Crippen LogP contribution in [0, 0.1) is 5.82 Å². The predicted octanol–water partition coefficient (Wildman–Crippen LogP) is 6.01. The molecule has 0 spiro atoms. The predicted molar refractivity (Wildman–Crippen MR) is 172 cm³/mol. The van der Waals surface area contributed by atoms with Crippen LogP contribution in [0.1, 0.15) is 51.5 Å². The highest BCUT2D eigenvalue weighted by Gasteiger charge is 2.34. The molecule has 2 amide bonds. The summed E-state index contributed by atoms with van der Waals surface area (Å²) in [5.41, 5.74) is 0.899. The third-order valence-electron chi connectivity index (χ3n) is 7.72. The van der Waals surface area contributed by atoms with E-state index in [0.717, 1.165) is 34.9 Å². The monoisotopic (exact) mass is 641 g/mol. The number of benzene rings is 3. The molecule has 1 fully saturated rings. The van der Waals surface area contributed by atoms with Crippen LogP contribution in [0.4, 0.5) is 10.1 Å². The highest BCUT2D eigenvalue weighted by atomic mass is 32.2. The van der Waals surface area contributed by atoms with Crippen molar-refractivity contribution >= 4 is 39.3 Å². The third kappa shape index (κ3) is 8.32. The average molecular weight is 642 g/mol. The van der Waals surface area contributed by atoms with Gasteiger partial charge in [-0.3, -0.25) is 13.9 Å². The normalized spacial score (nSPS) is 14.2. The number of thioether (sulfide) groups is 1. The minimum absolute atomic E-state index is 0.00922. The first-order valence-electron chi connectivity index (χ1n) is 14.9. The topological polar surface area (TPSA) is 96.0 Å². The van der Waals surface area contributed by atoms with Crippen LogP contribution >= 0.6 is 11.8 Å². The van der Waals surface area contributed by atoms with E-state index in [0.29, 0.717) is 24.3 Å². The molecule has 1 atom stereocenters. The minimum atomic E-state index is -4.20. The number of ether oxygens (including phenoxy) is 1. The molecule has 0 aliphatic heterocycles. The zero-order valence-corrected chi connectivity index (χ0v) is 27.0. The highest BCUT2D eigenvalue weighted by molar-refractivity contribution is 7.98. The molecule has 0 aromatic heterocycles. The Morgan fingerprint density at radius 3 is 2.18 bits per heavy atom. The first-order valence-corrected chi connectivity index (χ1v) is 17.6.